The van der Waals surface area contributed by atoms with Crippen LogP contribution in [-0.4, -0.2) is 21.3 Å². The second-order valence-electron chi connectivity index (χ2n) is 3.61. The van der Waals surface area contributed by atoms with Gasteiger partial charge in [0.05, 0.1) is 6.54 Å². The minimum Gasteiger partial charge on any atom is -0.368 e. The molecule has 17 heavy (non-hydrogen) atoms. The van der Waals surface area contributed by atoms with Crippen LogP contribution < -0.4 is 11.1 Å². The molecule has 0 unspecified atom stereocenters. The summed E-state index contributed by atoms with van der Waals surface area (Å²) in [5.41, 5.74) is 6.92. The molecule has 0 saturated heterocycles. The van der Waals surface area contributed by atoms with Gasteiger partial charge < -0.3 is 11.1 Å². The lowest BCUT2D eigenvalue weighted by atomic mass is 10.2. The standard InChI is InChI=1S/C11H14BrN5/c1-2-14-11-15-10(13)17(16-11)7-8-3-5-9(12)6-4-8/h3-6H,2,7H2,1H3,(H3,13,14,15,16). The third-order valence-electron chi connectivity index (χ3n) is 2.28. The molecule has 0 fully saturated rings. The molecular formula is C11H14BrN5. The molecule has 0 bridgehead atoms. The van der Waals surface area contributed by atoms with E-state index in [0.717, 1.165) is 16.6 Å². The van der Waals surface area contributed by atoms with Crippen molar-refractivity contribution in [2.45, 2.75) is 13.5 Å². The molecule has 0 atom stereocenters. The Labute approximate surface area is 108 Å². The Hall–Kier alpha value is -1.56. The smallest absolute Gasteiger partial charge is 0.243 e. The van der Waals surface area contributed by atoms with Gasteiger partial charge >= 0.3 is 0 Å². The largest absolute Gasteiger partial charge is 0.368 e. The van der Waals surface area contributed by atoms with Crippen LogP contribution >= 0.6 is 15.9 Å². The van der Waals surface area contributed by atoms with Crippen LogP contribution in [-0.2, 0) is 6.54 Å². The molecule has 1 heterocycles. The zero-order valence-corrected chi connectivity index (χ0v) is 11.1. The lowest BCUT2D eigenvalue weighted by Crippen LogP contribution is -2.06. The Morgan fingerprint density at radius 2 is 2.06 bits per heavy atom. The molecule has 5 nitrogen and oxygen atoms in total. The quantitative estimate of drug-likeness (QED) is 0.906. The molecule has 0 saturated carbocycles. The highest BCUT2D eigenvalue weighted by Gasteiger charge is 2.06. The molecule has 0 aliphatic heterocycles. The van der Waals surface area contributed by atoms with Gasteiger partial charge in [0.15, 0.2) is 0 Å². The predicted octanol–water partition coefficient (Wildman–Crippen LogP) is 2.10. The Bertz CT molecular complexity index is 491. The van der Waals surface area contributed by atoms with Crippen LogP contribution in [0.2, 0.25) is 0 Å². The second-order valence-corrected chi connectivity index (χ2v) is 4.52. The highest BCUT2D eigenvalue weighted by molar-refractivity contribution is 9.10. The number of halogens is 1. The van der Waals surface area contributed by atoms with E-state index in [2.05, 4.69) is 31.3 Å². The van der Waals surface area contributed by atoms with Crippen molar-refractivity contribution in [1.82, 2.24) is 14.8 Å². The van der Waals surface area contributed by atoms with Crippen LogP contribution in [0, 0.1) is 0 Å². The van der Waals surface area contributed by atoms with Crippen molar-refractivity contribution in [3.05, 3.63) is 34.3 Å². The normalized spacial score (nSPS) is 10.5. The van der Waals surface area contributed by atoms with Gasteiger partial charge in [0.2, 0.25) is 11.9 Å². The van der Waals surface area contributed by atoms with Gasteiger partial charge in [-0.25, -0.2) is 4.68 Å². The summed E-state index contributed by atoms with van der Waals surface area (Å²) < 4.78 is 2.74. The molecule has 6 heteroatoms. The summed E-state index contributed by atoms with van der Waals surface area (Å²) in [6.45, 7) is 3.39. The van der Waals surface area contributed by atoms with Crippen LogP contribution in [0.3, 0.4) is 0 Å². The topological polar surface area (TPSA) is 68.8 Å². The SMILES string of the molecule is CCNc1nc(N)n(Cc2ccc(Br)cc2)n1. The average Bonchev–Trinajstić information content (AvgIpc) is 2.63. The van der Waals surface area contributed by atoms with Crippen molar-refractivity contribution < 1.29 is 0 Å². The van der Waals surface area contributed by atoms with Gasteiger partial charge in [-0.3, -0.25) is 0 Å². The van der Waals surface area contributed by atoms with Crippen molar-refractivity contribution >= 4 is 27.8 Å². The van der Waals surface area contributed by atoms with E-state index in [0.29, 0.717) is 18.4 Å². The van der Waals surface area contributed by atoms with E-state index in [1.165, 1.54) is 0 Å². The highest BCUT2D eigenvalue weighted by atomic mass is 79.9. The number of hydrogen-bond acceptors (Lipinski definition) is 4. The monoisotopic (exact) mass is 295 g/mol. The molecule has 1 aromatic carbocycles. The maximum Gasteiger partial charge on any atom is 0.243 e. The van der Waals surface area contributed by atoms with Gasteiger partial charge in [-0.1, -0.05) is 28.1 Å². The van der Waals surface area contributed by atoms with Gasteiger partial charge in [0.1, 0.15) is 0 Å². The number of nitrogens with zero attached hydrogens (tertiary/aromatic N) is 3. The summed E-state index contributed by atoms with van der Waals surface area (Å²) in [5, 5.41) is 7.31. The van der Waals surface area contributed by atoms with Crippen molar-refractivity contribution in [2.75, 3.05) is 17.6 Å². The van der Waals surface area contributed by atoms with Crippen molar-refractivity contribution in [3.8, 4) is 0 Å². The average molecular weight is 296 g/mol. The number of nitrogens with two attached hydrogens (primary N) is 1. The number of aromatic nitrogens is 3. The molecule has 0 radical (unpaired) electrons. The fourth-order valence-corrected chi connectivity index (χ4v) is 1.73. The number of rotatable bonds is 4. The zero-order valence-electron chi connectivity index (χ0n) is 9.52. The van der Waals surface area contributed by atoms with E-state index < -0.39 is 0 Å². The third kappa shape index (κ3) is 2.97. The second kappa shape index (κ2) is 5.18. The number of nitrogens with one attached hydrogen (secondary N) is 1. The highest BCUT2D eigenvalue weighted by Crippen LogP contribution is 2.13. The summed E-state index contributed by atoms with van der Waals surface area (Å²) in [6, 6.07) is 8.04. The Kier molecular flexibility index (Phi) is 3.63. The Morgan fingerprint density at radius 1 is 1.35 bits per heavy atom. The molecule has 1 aromatic heterocycles. The third-order valence-corrected chi connectivity index (χ3v) is 2.81. The zero-order chi connectivity index (χ0) is 12.3. The minimum absolute atomic E-state index is 0.420. The number of anilines is 2. The number of benzene rings is 1. The fraction of sp³-hybridized carbons (Fsp3) is 0.273. The van der Waals surface area contributed by atoms with Crippen molar-refractivity contribution in [2.24, 2.45) is 0 Å². The Balaban J connectivity index is 2.15. The van der Waals surface area contributed by atoms with Gasteiger partial charge in [-0.05, 0) is 24.6 Å². The van der Waals surface area contributed by atoms with Crippen LogP contribution in [0.1, 0.15) is 12.5 Å². The van der Waals surface area contributed by atoms with Gasteiger partial charge in [-0.2, -0.15) is 4.98 Å². The van der Waals surface area contributed by atoms with E-state index in [9.17, 15) is 0 Å². The van der Waals surface area contributed by atoms with E-state index in [1.807, 2.05) is 31.2 Å². The van der Waals surface area contributed by atoms with Gasteiger partial charge in [0, 0.05) is 11.0 Å². The van der Waals surface area contributed by atoms with E-state index in [1.54, 1.807) is 4.68 Å². The summed E-state index contributed by atoms with van der Waals surface area (Å²) in [7, 11) is 0. The lowest BCUT2D eigenvalue weighted by molar-refractivity contribution is 0.697. The molecule has 2 rings (SSSR count). The summed E-state index contributed by atoms with van der Waals surface area (Å²) in [5.74, 6) is 0.992. The summed E-state index contributed by atoms with van der Waals surface area (Å²) in [4.78, 5) is 4.12. The van der Waals surface area contributed by atoms with E-state index in [-0.39, 0.29) is 0 Å². The van der Waals surface area contributed by atoms with E-state index in [4.69, 9.17) is 5.73 Å². The van der Waals surface area contributed by atoms with Crippen LogP contribution in [0.4, 0.5) is 11.9 Å². The first kappa shape index (κ1) is 11.9. The van der Waals surface area contributed by atoms with Crippen molar-refractivity contribution in [1.29, 1.82) is 0 Å². The molecule has 0 amide bonds. The molecule has 2 aromatic rings. The van der Waals surface area contributed by atoms with Crippen LogP contribution in [0.25, 0.3) is 0 Å². The lowest BCUT2D eigenvalue weighted by Gasteiger charge is -2.02. The Morgan fingerprint density at radius 3 is 2.71 bits per heavy atom. The number of nitrogen functional groups attached to an aromatic ring is 1. The molecule has 0 aliphatic rings. The first-order chi connectivity index (χ1) is 8.19. The predicted molar refractivity (Wildman–Crippen MR) is 71.8 cm³/mol. The first-order valence-electron chi connectivity index (χ1n) is 5.37. The molecule has 3 N–H and O–H groups in total. The van der Waals surface area contributed by atoms with Crippen LogP contribution in [0.15, 0.2) is 28.7 Å². The maximum atomic E-state index is 5.79. The van der Waals surface area contributed by atoms with Crippen molar-refractivity contribution in [3.63, 3.8) is 0 Å². The fourth-order valence-electron chi connectivity index (χ4n) is 1.47. The molecular weight excluding hydrogens is 282 g/mol. The number of hydrogen-bond donors (Lipinski definition) is 2. The first-order valence-corrected chi connectivity index (χ1v) is 6.17. The van der Waals surface area contributed by atoms with Gasteiger partial charge in [0.25, 0.3) is 0 Å². The van der Waals surface area contributed by atoms with Gasteiger partial charge in [-0.15, -0.1) is 5.10 Å². The summed E-state index contributed by atoms with van der Waals surface area (Å²) >= 11 is 3.40. The summed E-state index contributed by atoms with van der Waals surface area (Å²) in [6.07, 6.45) is 0. The van der Waals surface area contributed by atoms with E-state index >= 15 is 0 Å². The molecule has 0 aliphatic carbocycles. The molecule has 90 valence electrons. The maximum absolute atomic E-state index is 5.79. The minimum atomic E-state index is 0.420. The van der Waals surface area contributed by atoms with Crippen LogP contribution in [0.5, 0.6) is 0 Å². The molecule has 0 spiro atoms.